The first-order chi connectivity index (χ1) is 5.85. The molecule has 0 saturated carbocycles. The van der Waals surface area contributed by atoms with Gasteiger partial charge in [0.1, 0.15) is 0 Å². The molecule has 0 aromatic carbocycles. The van der Waals surface area contributed by atoms with Crippen molar-refractivity contribution >= 4 is 34.8 Å². The van der Waals surface area contributed by atoms with Crippen molar-refractivity contribution in [3.8, 4) is 0 Å². The SMILES string of the molecule is ClCCOC[NH+](CCCl)CCCl.[Cl-]. The molecule has 0 heterocycles. The Kier molecular flexibility index (Phi) is 16.6. The van der Waals surface area contributed by atoms with Crippen molar-refractivity contribution in [3.63, 3.8) is 0 Å². The van der Waals surface area contributed by atoms with E-state index in [1.807, 2.05) is 0 Å². The van der Waals surface area contributed by atoms with E-state index >= 15 is 0 Å². The van der Waals surface area contributed by atoms with Gasteiger partial charge in [0.05, 0.1) is 31.5 Å². The summed E-state index contributed by atoms with van der Waals surface area (Å²) < 4.78 is 5.26. The first-order valence-electron chi connectivity index (χ1n) is 3.94. The molecule has 2 nitrogen and oxygen atoms in total. The molecule has 0 aliphatic carbocycles. The van der Waals surface area contributed by atoms with Crippen LogP contribution in [-0.2, 0) is 4.74 Å². The van der Waals surface area contributed by atoms with Gasteiger partial charge in [0, 0.05) is 5.88 Å². The van der Waals surface area contributed by atoms with E-state index in [4.69, 9.17) is 39.5 Å². The molecule has 0 atom stereocenters. The molecule has 0 amide bonds. The van der Waals surface area contributed by atoms with E-state index < -0.39 is 0 Å². The second-order valence-corrected chi connectivity index (χ2v) is 3.50. The van der Waals surface area contributed by atoms with Crippen LogP contribution < -0.4 is 17.3 Å². The van der Waals surface area contributed by atoms with Crippen molar-refractivity contribution in [1.29, 1.82) is 0 Å². The van der Waals surface area contributed by atoms with Gasteiger partial charge < -0.3 is 22.0 Å². The molecular weight excluding hydrogens is 256 g/mol. The number of hydrogen-bond donors (Lipinski definition) is 1. The lowest BCUT2D eigenvalue weighted by Gasteiger charge is -2.16. The van der Waals surface area contributed by atoms with E-state index in [0.717, 1.165) is 13.1 Å². The molecule has 0 spiro atoms. The molecule has 6 heteroatoms. The quantitative estimate of drug-likeness (QED) is 0.294. The number of nitrogens with one attached hydrogen (secondary N) is 1. The van der Waals surface area contributed by atoms with Gasteiger partial charge in [-0.1, -0.05) is 0 Å². The molecule has 0 bridgehead atoms. The number of hydrogen-bond acceptors (Lipinski definition) is 1. The van der Waals surface area contributed by atoms with E-state index in [1.165, 1.54) is 4.90 Å². The van der Waals surface area contributed by atoms with Gasteiger partial charge in [-0.05, 0) is 0 Å². The third kappa shape index (κ3) is 11.0. The van der Waals surface area contributed by atoms with Crippen LogP contribution in [0, 0.1) is 0 Å². The van der Waals surface area contributed by atoms with Crippen LogP contribution in [0.4, 0.5) is 0 Å². The van der Waals surface area contributed by atoms with E-state index in [1.54, 1.807) is 0 Å². The largest absolute Gasteiger partial charge is 1.00 e. The highest BCUT2D eigenvalue weighted by molar-refractivity contribution is 6.18. The van der Waals surface area contributed by atoms with Crippen LogP contribution in [0.3, 0.4) is 0 Å². The molecule has 0 radical (unpaired) electrons. The van der Waals surface area contributed by atoms with Crippen LogP contribution in [0.15, 0.2) is 0 Å². The Morgan fingerprint density at radius 1 is 0.923 bits per heavy atom. The van der Waals surface area contributed by atoms with Gasteiger partial charge in [-0.15, -0.1) is 34.8 Å². The van der Waals surface area contributed by atoms with Gasteiger partial charge in [0.25, 0.3) is 0 Å². The second-order valence-electron chi connectivity index (χ2n) is 2.37. The summed E-state index contributed by atoms with van der Waals surface area (Å²) in [6, 6.07) is 0. The average molecular weight is 271 g/mol. The fraction of sp³-hybridized carbons (Fsp3) is 1.00. The number of quaternary nitrogens is 1. The molecule has 82 valence electrons. The monoisotopic (exact) mass is 269 g/mol. The van der Waals surface area contributed by atoms with Crippen LogP contribution in [0.25, 0.3) is 0 Å². The molecule has 13 heavy (non-hydrogen) atoms. The molecule has 0 aromatic rings. The number of rotatable bonds is 8. The average Bonchev–Trinajstić information content (AvgIpc) is 2.06. The minimum atomic E-state index is 0. The zero-order valence-electron chi connectivity index (χ0n) is 7.37. The zero-order chi connectivity index (χ0) is 9.23. The maximum absolute atomic E-state index is 5.60. The van der Waals surface area contributed by atoms with Gasteiger partial charge in [-0.25, -0.2) is 0 Å². The summed E-state index contributed by atoms with van der Waals surface area (Å²) in [5.41, 5.74) is 0. The third-order valence-electron chi connectivity index (χ3n) is 1.42. The maximum atomic E-state index is 5.60. The summed E-state index contributed by atoms with van der Waals surface area (Å²) in [5.74, 6) is 1.81. The molecule has 0 aliphatic rings. The van der Waals surface area contributed by atoms with Crippen LogP contribution in [-0.4, -0.2) is 44.1 Å². The fourth-order valence-corrected chi connectivity index (χ4v) is 1.45. The molecule has 0 saturated heterocycles. The summed E-state index contributed by atoms with van der Waals surface area (Å²) in [6.45, 7) is 3.01. The first kappa shape index (κ1) is 16.5. The van der Waals surface area contributed by atoms with Gasteiger partial charge in [0.2, 0.25) is 0 Å². The Bertz CT molecular complexity index is 90.6. The predicted octanol–water partition coefficient (Wildman–Crippen LogP) is -2.43. The van der Waals surface area contributed by atoms with Gasteiger partial charge >= 0.3 is 0 Å². The molecule has 0 rings (SSSR count). The Morgan fingerprint density at radius 2 is 1.46 bits per heavy atom. The molecule has 0 fully saturated rings. The third-order valence-corrected chi connectivity index (χ3v) is 1.96. The minimum absolute atomic E-state index is 0. The summed E-state index contributed by atoms with van der Waals surface area (Å²) in [6.07, 6.45) is 0. The molecule has 0 unspecified atom stereocenters. The zero-order valence-corrected chi connectivity index (χ0v) is 10.4. The van der Waals surface area contributed by atoms with Crippen molar-refractivity contribution in [2.45, 2.75) is 0 Å². The molecule has 0 aromatic heterocycles. The second kappa shape index (κ2) is 13.1. The lowest BCUT2D eigenvalue weighted by Crippen LogP contribution is -3.13. The van der Waals surface area contributed by atoms with Crippen molar-refractivity contribution in [2.24, 2.45) is 0 Å². The van der Waals surface area contributed by atoms with Crippen molar-refractivity contribution < 1.29 is 22.0 Å². The van der Waals surface area contributed by atoms with Gasteiger partial charge in [0.15, 0.2) is 6.73 Å². The molecule has 1 N–H and O–H groups in total. The highest BCUT2D eigenvalue weighted by Crippen LogP contribution is 1.75. The Balaban J connectivity index is 0. The highest BCUT2D eigenvalue weighted by Gasteiger charge is 2.05. The van der Waals surface area contributed by atoms with Gasteiger partial charge in [-0.3, -0.25) is 0 Å². The maximum Gasteiger partial charge on any atom is 0.181 e. The minimum Gasteiger partial charge on any atom is -1.00 e. The van der Waals surface area contributed by atoms with E-state index in [-0.39, 0.29) is 12.4 Å². The Labute approximate surface area is 101 Å². The van der Waals surface area contributed by atoms with Crippen LogP contribution in [0.5, 0.6) is 0 Å². The van der Waals surface area contributed by atoms with Crippen LogP contribution >= 0.6 is 34.8 Å². The van der Waals surface area contributed by atoms with Crippen molar-refractivity contribution in [2.75, 3.05) is 44.1 Å². The lowest BCUT2D eigenvalue weighted by molar-refractivity contribution is -0.915. The van der Waals surface area contributed by atoms with Crippen LogP contribution in [0.1, 0.15) is 0 Å². The normalized spacial score (nSPS) is 10.2. The summed E-state index contributed by atoms with van der Waals surface area (Å²) >= 11 is 16.7. The Morgan fingerprint density at radius 3 is 1.85 bits per heavy atom. The molecular formula is C7H15Cl4NO. The molecule has 0 aliphatic heterocycles. The smallest absolute Gasteiger partial charge is 0.181 e. The lowest BCUT2D eigenvalue weighted by atomic mass is 10.6. The predicted molar refractivity (Wildman–Crippen MR) is 53.7 cm³/mol. The summed E-state index contributed by atoms with van der Waals surface area (Å²) in [5, 5.41) is 0. The van der Waals surface area contributed by atoms with E-state index in [2.05, 4.69) is 0 Å². The van der Waals surface area contributed by atoms with E-state index in [9.17, 15) is 0 Å². The highest BCUT2D eigenvalue weighted by atomic mass is 35.5. The van der Waals surface area contributed by atoms with E-state index in [0.29, 0.717) is 31.0 Å². The fourth-order valence-electron chi connectivity index (χ4n) is 0.808. The van der Waals surface area contributed by atoms with Crippen molar-refractivity contribution in [1.82, 2.24) is 0 Å². The first-order valence-corrected chi connectivity index (χ1v) is 5.54. The summed E-state index contributed by atoms with van der Waals surface area (Å²) in [7, 11) is 0. The number of ether oxygens (including phenoxy) is 1. The van der Waals surface area contributed by atoms with Crippen molar-refractivity contribution in [3.05, 3.63) is 0 Å². The Hall–Kier alpha value is 1.08. The topological polar surface area (TPSA) is 13.7 Å². The van der Waals surface area contributed by atoms with Gasteiger partial charge in [-0.2, -0.15) is 0 Å². The number of halogens is 4. The standard InChI is InChI=1S/C7H14Cl3NO.ClH/c8-1-4-11(5-2-9)7-12-6-3-10;/h1-7H2;1H. The van der Waals surface area contributed by atoms with Crippen LogP contribution in [0.2, 0.25) is 0 Å². The summed E-state index contributed by atoms with van der Waals surface area (Å²) in [4.78, 5) is 1.27. The number of alkyl halides is 3.